The lowest BCUT2D eigenvalue weighted by molar-refractivity contribution is -0.115. The molecule has 1 aromatic heterocycles. The summed E-state index contributed by atoms with van der Waals surface area (Å²) in [6.45, 7) is 6.58. The molecule has 1 N–H and O–H groups in total. The molecule has 1 unspecified atom stereocenters. The Labute approximate surface area is 185 Å². The molecule has 31 heavy (non-hydrogen) atoms. The number of hydrogen-bond acceptors (Lipinski definition) is 3. The average molecular weight is 446 g/mol. The molecule has 3 rings (SSSR count). The van der Waals surface area contributed by atoms with Crippen molar-refractivity contribution < 1.29 is 18.7 Å². The number of nitrogens with zero attached hydrogens (tertiary/aromatic N) is 2. The molecule has 0 aliphatic carbocycles. The number of anilines is 1. The van der Waals surface area contributed by atoms with Gasteiger partial charge in [-0.05, 0) is 45.0 Å². The summed E-state index contributed by atoms with van der Waals surface area (Å²) < 4.78 is 21.6. The molecule has 3 aromatic rings. The van der Waals surface area contributed by atoms with Gasteiger partial charge in [0, 0.05) is 30.2 Å². The maximum Gasteiger partial charge on any atom is 0.415 e. The van der Waals surface area contributed by atoms with Crippen LogP contribution in [0.15, 0.2) is 48.7 Å². The number of aromatic nitrogens is 1. The summed E-state index contributed by atoms with van der Waals surface area (Å²) in [5, 5.41) is 2.65. The maximum absolute atomic E-state index is 14.1. The van der Waals surface area contributed by atoms with Gasteiger partial charge in [-0.1, -0.05) is 18.2 Å². The zero-order valence-corrected chi connectivity index (χ0v) is 18.4. The third-order valence-electron chi connectivity index (χ3n) is 5.04. The van der Waals surface area contributed by atoms with Crippen LogP contribution in [0.2, 0.25) is 0 Å². The Hall–Kier alpha value is -3.06. The van der Waals surface area contributed by atoms with Crippen molar-refractivity contribution in [3.63, 3.8) is 0 Å². The number of fused-ring (bicyclic) bond motifs is 1. The lowest BCUT2D eigenvalue weighted by Gasteiger charge is -2.20. The molecule has 0 fully saturated rings. The molecule has 1 heterocycles. The molecule has 0 saturated carbocycles. The van der Waals surface area contributed by atoms with Crippen LogP contribution in [0.25, 0.3) is 10.9 Å². The van der Waals surface area contributed by atoms with Crippen LogP contribution in [-0.2, 0) is 11.3 Å². The summed E-state index contributed by atoms with van der Waals surface area (Å²) in [4.78, 5) is 26.3. The topological polar surface area (TPSA) is 63.6 Å². The summed E-state index contributed by atoms with van der Waals surface area (Å²) >= 11 is 5.94. The average Bonchev–Trinajstić information content (AvgIpc) is 3.15. The molecule has 0 radical (unpaired) electrons. The van der Waals surface area contributed by atoms with E-state index >= 15 is 0 Å². The van der Waals surface area contributed by atoms with Crippen LogP contribution in [0, 0.1) is 5.82 Å². The minimum absolute atomic E-state index is 0.221. The first-order valence-electron chi connectivity index (χ1n) is 10.1. The van der Waals surface area contributed by atoms with Gasteiger partial charge in [-0.2, -0.15) is 0 Å². The molecule has 0 bridgehead atoms. The fourth-order valence-electron chi connectivity index (χ4n) is 3.28. The van der Waals surface area contributed by atoms with Crippen molar-refractivity contribution in [2.45, 2.75) is 32.7 Å². The smallest absolute Gasteiger partial charge is 0.408 e. The monoisotopic (exact) mass is 445 g/mol. The second-order valence-corrected chi connectivity index (χ2v) is 7.71. The number of carbonyl (C=O) groups excluding carboxylic acids is 2. The maximum atomic E-state index is 14.1. The number of benzene rings is 2. The Kier molecular flexibility index (Phi) is 7.17. The second kappa shape index (κ2) is 9.83. The third kappa shape index (κ3) is 4.99. The molecule has 0 spiro atoms. The molecule has 0 saturated heterocycles. The molecule has 2 aromatic carbocycles. The van der Waals surface area contributed by atoms with Gasteiger partial charge in [-0.25, -0.2) is 9.18 Å². The summed E-state index contributed by atoms with van der Waals surface area (Å²) in [6.07, 6.45) is 1.29. The standard InChI is InChI=1S/C23H25ClFN3O3/c1-4-27(5-2)23(30)31-20-11-10-19-17(21(20)26-22(29)15(3)24)12-13-28(19)14-16-8-6-7-9-18(16)25/h6-13,15H,4-5,14H2,1-3H3,(H,26,29). The zero-order valence-electron chi connectivity index (χ0n) is 17.7. The second-order valence-electron chi connectivity index (χ2n) is 7.05. The van der Waals surface area contributed by atoms with Gasteiger partial charge in [0.25, 0.3) is 0 Å². The Morgan fingerprint density at radius 2 is 1.87 bits per heavy atom. The van der Waals surface area contributed by atoms with Crippen molar-refractivity contribution in [3.05, 3.63) is 60.0 Å². The predicted molar refractivity (Wildman–Crippen MR) is 120 cm³/mol. The summed E-state index contributed by atoms with van der Waals surface area (Å²) in [7, 11) is 0. The van der Waals surface area contributed by atoms with Gasteiger partial charge in [0.05, 0.1) is 17.7 Å². The van der Waals surface area contributed by atoms with Crippen LogP contribution in [-0.4, -0.2) is 39.9 Å². The molecule has 8 heteroatoms. The van der Waals surface area contributed by atoms with Crippen LogP contribution in [0.1, 0.15) is 26.3 Å². The molecule has 164 valence electrons. The van der Waals surface area contributed by atoms with Crippen LogP contribution < -0.4 is 10.1 Å². The van der Waals surface area contributed by atoms with E-state index in [4.69, 9.17) is 16.3 Å². The predicted octanol–water partition coefficient (Wildman–Crippen LogP) is 5.24. The molecule has 6 nitrogen and oxygen atoms in total. The highest BCUT2D eigenvalue weighted by atomic mass is 35.5. The number of nitrogens with one attached hydrogen (secondary N) is 1. The molecule has 0 aliphatic heterocycles. The molecular weight excluding hydrogens is 421 g/mol. The Balaban J connectivity index is 2.03. The molecule has 2 amide bonds. The first-order valence-corrected chi connectivity index (χ1v) is 10.6. The number of alkyl halides is 1. The number of amides is 2. The minimum Gasteiger partial charge on any atom is -0.408 e. The quantitative estimate of drug-likeness (QED) is 0.506. The van der Waals surface area contributed by atoms with Gasteiger partial charge in [-0.3, -0.25) is 4.79 Å². The van der Waals surface area contributed by atoms with E-state index in [2.05, 4.69) is 5.32 Å². The normalized spacial score (nSPS) is 11.9. The fraction of sp³-hybridized carbons (Fsp3) is 0.304. The highest BCUT2D eigenvalue weighted by Crippen LogP contribution is 2.35. The van der Waals surface area contributed by atoms with Crippen molar-refractivity contribution in [2.24, 2.45) is 0 Å². The van der Waals surface area contributed by atoms with Gasteiger partial charge < -0.3 is 19.5 Å². The Bertz CT molecular complexity index is 1090. The van der Waals surface area contributed by atoms with Crippen LogP contribution >= 0.6 is 11.6 Å². The van der Waals surface area contributed by atoms with Crippen molar-refractivity contribution in [1.29, 1.82) is 0 Å². The van der Waals surface area contributed by atoms with E-state index < -0.39 is 17.4 Å². The van der Waals surface area contributed by atoms with Gasteiger partial charge in [0.1, 0.15) is 11.2 Å². The van der Waals surface area contributed by atoms with E-state index in [1.165, 1.54) is 11.0 Å². The molecule has 1 atom stereocenters. The molecule has 0 aliphatic rings. The van der Waals surface area contributed by atoms with Crippen molar-refractivity contribution in [3.8, 4) is 5.75 Å². The SMILES string of the molecule is CCN(CC)C(=O)Oc1ccc2c(ccn2Cc2ccccc2F)c1NC(=O)C(C)Cl. The van der Waals surface area contributed by atoms with E-state index in [0.717, 1.165) is 5.52 Å². The minimum atomic E-state index is -0.776. The van der Waals surface area contributed by atoms with E-state index in [-0.39, 0.29) is 11.6 Å². The summed E-state index contributed by atoms with van der Waals surface area (Å²) in [5.74, 6) is -0.492. The number of ether oxygens (including phenoxy) is 1. The first-order chi connectivity index (χ1) is 14.8. The Morgan fingerprint density at radius 1 is 1.16 bits per heavy atom. The van der Waals surface area contributed by atoms with Gasteiger partial charge in [0.2, 0.25) is 5.91 Å². The first kappa shape index (κ1) is 22.6. The lowest BCUT2D eigenvalue weighted by atomic mass is 10.1. The van der Waals surface area contributed by atoms with Crippen LogP contribution in [0.5, 0.6) is 5.75 Å². The van der Waals surface area contributed by atoms with Gasteiger partial charge >= 0.3 is 6.09 Å². The number of rotatable bonds is 7. The number of carbonyl (C=O) groups is 2. The largest absolute Gasteiger partial charge is 0.415 e. The Morgan fingerprint density at radius 3 is 2.52 bits per heavy atom. The number of halogens is 2. The summed E-state index contributed by atoms with van der Waals surface area (Å²) in [6, 6.07) is 11.8. The van der Waals surface area contributed by atoms with Crippen molar-refractivity contribution >= 4 is 40.2 Å². The molecular formula is C23H25ClFN3O3. The van der Waals surface area contributed by atoms with Gasteiger partial charge in [0.15, 0.2) is 5.75 Å². The highest BCUT2D eigenvalue weighted by molar-refractivity contribution is 6.32. The third-order valence-corrected chi connectivity index (χ3v) is 5.24. The van der Waals surface area contributed by atoms with Crippen molar-refractivity contribution in [1.82, 2.24) is 9.47 Å². The van der Waals surface area contributed by atoms with Crippen molar-refractivity contribution in [2.75, 3.05) is 18.4 Å². The fourth-order valence-corrected chi connectivity index (χ4v) is 3.33. The highest BCUT2D eigenvalue weighted by Gasteiger charge is 2.21. The number of hydrogen-bond donors (Lipinski definition) is 1. The van der Waals surface area contributed by atoms with Crippen LogP contribution in [0.4, 0.5) is 14.9 Å². The zero-order chi connectivity index (χ0) is 22.5. The van der Waals surface area contributed by atoms with E-state index in [1.807, 2.05) is 18.4 Å². The van der Waals surface area contributed by atoms with Gasteiger partial charge in [-0.15, -0.1) is 11.6 Å². The lowest BCUT2D eigenvalue weighted by Crippen LogP contribution is -2.33. The van der Waals surface area contributed by atoms with Crippen LogP contribution in [0.3, 0.4) is 0 Å². The van der Waals surface area contributed by atoms with E-state index in [0.29, 0.717) is 36.3 Å². The van der Waals surface area contributed by atoms with E-state index in [9.17, 15) is 14.0 Å². The summed E-state index contributed by atoms with van der Waals surface area (Å²) in [5.41, 5.74) is 1.64. The van der Waals surface area contributed by atoms with E-state index in [1.54, 1.807) is 49.5 Å².